The van der Waals surface area contributed by atoms with Crippen LogP contribution in [0.25, 0.3) is 11.0 Å². The number of nitrogens with one attached hydrogen (secondary N) is 2. The van der Waals surface area contributed by atoms with E-state index in [-0.39, 0.29) is 18.3 Å². The van der Waals surface area contributed by atoms with Crippen LogP contribution in [-0.2, 0) is 24.0 Å². The van der Waals surface area contributed by atoms with Gasteiger partial charge in [-0.25, -0.2) is 9.97 Å². The Morgan fingerprint density at radius 3 is 1.95 bits per heavy atom. The fraction of sp³-hybridized carbons (Fsp3) is 0.600. The van der Waals surface area contributed by atoms with Gasteiger partial charge in [0.2, 0.25) is 5.95 Å². The maximum absolute atomic E-state index is 14.1. The maximum atomic E-state index is 14.1. The van der Waals surface area contributed by atoms with Crippen LogP contribution in [0, 0.1) is 5.95 Å². The summed E-state index contributed by atoms with van der Waals surface area (Å²) in [4.78, 5) is 11.3. The van der Waals surface area contributed by atoms with Crippen LogP contribution < -0.4 is 16.2 Å². The molecule has 6 heterocycles. The monoisotopic (exact) mass is 564 g/mol. The van der Waals surface area contributed by atoms with Crippen LogP contribution in [0.3, 0.4) is 0 Å². The minimum Gasteiger partial charge on any atom is -0.399 e. The smallest absolute Gasteiger partial charge is 0.399 e. The zero-order valence-corrected chi connectivity index (χ0v) is 26.1. The molecule has 41 heavy (non-hydrogen) atoms. The normalized spacial score (nSPS) is 23.4. The van der Waals surface area contributed by atoms with Crippen molar-refractivity contribution in [2.45, 2.75) is 110 Å². The molecule has 1 spiro atoms. The summed E-state index contributed by atoms with van der Waals surface area (Å²) >= 11 is 0. The molecule has 4 aliphatic rings. The second-order valence-corrected chi connectivity index (χ2v) is 13.3. The van der Waals surface area contributed by atoms with Gasteiger partial charge in [-0.15, -0.1) is 0 Å². The first-order valence-electron chi connectivity index (χ1n) is 14.7. The summed E-state index contributed by atoms with van der Waals surface area (Å²) in [5, 5.41) is 4.25. The van der Waals surface area contributed by atoms with Crippen LogP contribution in [0.2, 0.25) is 0 Å². The molecule has 3 aromatic rings. The predicted octanol–water partition coefficient (Wildman–Crippen LogP) is 4.87. The van der Waals surface area contributed by atoms with E-state index in [1.165, 1.54) is 18.4 Å². The lowest BCUT2D eigenvalue weighted by atomic mass is 9.78. The SMILES string of the molecule is CC.CC1(C)OB(c2cc3cc[nH]c3nc2F)OC1(C)C.CC1(C)OB(c2cnc3c(c2)C2(CC2)CN3)OC1(C)C. The van der Waals surface area contributed by atoms with Gasteiger partial charge in [0.15, 0.2) is 0 Å². The fourth-order valence-corrected chi connectivity index (χ4v) is 5.19. The van der Waals surface area contributed by atoms with E-state index in [9.17, 15) is 4.39 Å². The van der Waals surface area contributed by atoms with E-state index in [4.69, 9.17) is 18.6 Å². The van der Waals surface area contributed by atoms with Gasteiger partial charge in [0.1, 0.15) is 11.5 Å². The van der Waals surface area contributed by atoms with Gasteiger partial charge in [-0.1, -0.05) is 19.9 Å². The second kappa shape index (κ2) is 10.1. The molecule has 0 atom stereocenters. The number of fused-ring (bicyclic) bond motifs is 3. The molecule has 3 aromatic heterocycles. The molecular formula is C30H43B2FN4O4. The first-order chi connectivity index (χ1) is 19.1. The molecule has 11 heteroatoms. The Hall–Kier alpha value is -2.46. The number of aromatic nitrogens is 3. The lowest BCUT2D eigenvalue weighted by Gasteiger charge is -2.32. The highest BCUT2D eigenvalue weighted by molar-refractivity contribution is 6.62. The van der Waals surface area contributed by atoms with Gasteiger partial charge in [-0.3, -0.25) is 0 Å². The van der Waals surface area contributed by atoms with E-state index >= 15 is 0 Å². The van der Waals surface area contributed by atoms with Crippen molar-refractivity contribution in [2.24, 2.45) is 0 Å². The number of halogens is 1. The van der Waals surface area contributed by atoms with E-state index in [1.807, 2.05) is 53.8 Å². The van der Waals surface area contributed by atoms with Gasteiger partial charge < -0.3 is 28.9 Å². The Morgan fingerprint density at radius 2 is 1.39 bits per heavy atom. The summed E-state index contributed by atoms with van der Waals surface area (Å²) < 4.78 is 38.0. The van der Waals surface area contributed by atoms with E-state index < -0.39 is 24.3 Å². The lowest BCUT2D eigenvalue weighted by Crippen LogP contribution is -2.41. The number of hydrogen-bond donors (Lipinski definition) is 2. The molecular weight excluding hydrogens is 521 g/mol. The molecule has 7 rings (SSSR count). The summed E-state index contributed by atoms with van der Waals surface area (Å²) in [6.07, 6.45) is 6.14. The Labute approximate surface area is 243 Å². The molecule has 0 amide bonds. The zero-order valence-electron chi connectivity index (χ0n) is 26.1. The van der Waals surface area contributed by atoms with Crippen LogP contribution >= 0.6 is 0 Å². The highest BCUT2D eigenvalue weighted by Crippen LogP contribution is 2.53. The number of aromatic amines is 1. The molecule has 220 valence electrons. The Kier molecular flexibility index (Phi) is 7.37. The predicted molar refractivity (Wildman–Crippen MR) is 162 cm³/mol. The summed E-state index contributed by atoms with van der Waals surface area (Å²) in [5.41, 5.74) is 2.03. The summed E-state index contributed by atoms with van der Waals surface area (Å²) in [5.74, 6) is 0.483. The molecule has 0 bridgehead atoms. The van der Waals surface area contributed by atoms with Crippen LogP contribution in [0.4, 0.5) is 10.2 Å². The number of nitrogens with zero attached hydrogens (tertiary/aromatic N) is 2. The molecule has 0 radical (unpaired) electrons. The van der Waals surface area contributed by atoms with Crippen molar-refractivity contribution >= 4 is 42.0 Å². The van der Waals surface area contributed by atoms with Gasteiger partial charge in [0.05, 0.1) is 22.4 Å². The van der Waals surface area contributed by atoms with E-state index in [0.717, 1.165) is 23.2 Å². The van der Waals surface area contributed by atoms with E-state index in [1.54, 1.807) is 12.3 Å². The first-order valence-corrected chi connectivity index (χ1v) is 14.7. The largest absolute Gasteiger partial charge is 0.499 e. The molecule has 0 unspecified atom stereocenters. The Bertz CT molecular complexity index is 1410. The van der Waals surface area contributed by atoms with Crippen LogP contribution in [-0.4, -0.2) is 58.1 Å². The van der Waals surface area contributed by atoms with Crippen LogP contribution in [0.15, 0.2) is 30.6 Å². The van der Waals surface area contributed by atoms with Crippen molar-refractivity contribution in [1.29, 1.82) is 0 Å². The van der Waals surface area contributed by atoms with Crippen molar-refractivity contribution in [1.82, 2.24) is 15.0 Å². The quantitative estimate of drug-likeness (QED) is 0.339. The number of H-pyrrole nitrogens is 1. The third kappa shape index (κ3) is 5.19. The molecule has 2 saturated heterocycles. The minimum atomic E-state index is -0.725. The number of rotatable bonds is 2. The van der Waals surface area contributed by atoms with E-state index in [2.05, 4.69) is 54.0 Å². The summed E-state index contributed by atoms with van der Waals surface area (Å²) in [6, 6.07) is 5.80. The summed E-state index contributed by atoms with van der Waals surface area (Å²) in [6.45, 7) is 21.1. The molecule has 1 saturated carbocycles. The molecule has 0 aromatic carbocycles. The van der Waals surface area contributed by atoms with Crippen LogP contribution in [0.5, 0.6) is 0 Å². The van der Waals surface area contributed by atoms with Crippen molar-refractivity contribution in [3.05, 3.63) is 42.1 Å². The topological polar surface area (TPSA) is 90.5 Å². The average Bonchev–Trinajstić information content (AvgIpc) is 3.16. The van der Waals surface area contributed by atoms with Crippen molar-refractivity contribution in [3.8, 4) is 0 Å². The van der Waals surface area contributed by atoms with E-state index in [0.29, 0.717) is 16.5 Å². The molecule has 8 nitrogen and oxygen atoms in total. The summed E-state index contributed by atoms with van der Waals surface area (Å²) in [7, 11) is -1.04. The minimum absolute atomic E-state index is 0.299. The van der Waals surface area contributed by atoms with Gasteiger partial charge in [-0.2, -0.15) is 4.39 Å². The van der Waals surface area contributed by atoms with Crippen LogP contribution in [0.1, 0.15) is 87.6 Å². The molecule has 1 aliphatic carbocycles. The highest BCUT2D eigenvalue weighted by atomic mass is 19.1. The van der Waals surface area contributed by atoms with Gasteiger partial charge >= 0.3 is 14.2 Å². The number of hydrogen-bond acceptors (Lipinski definition) is 7. The first kappa shape index (κ1) is 30.0. The molecule has 3 aliphatic heterocycles. The van der Waals surface area contributed by atoms with Crippen molar-refractivity contribution in [3.63, 3.8) is 0 Å². The van der Waals surface area contributed by atoms with Gasteiger partial charge in [0, 0.05) is 46.2 Å². The number of anilines is 1. The Morgan fingerprint density at radius 1 is 0.829 bits per heavy atom. The lowest BCUT2D eigenvalue weighted by molar-refractivity contribution is 0.00578. The highest BCUT2D eigenvalue weighted by Gasteiger charge is 2.54. The standard InChI is InChI=1S/C15H21BN2O2.C13H16BFN2O2.C2H6/c1-13(2)14(3,4)20-16(19-13)10-7-11-12(17-8-10)18-9-15(11)5-6-15;1-12(2)13(3,4)19-14(18-12)9-7-8-5-6-16-11(8)17-10(9)15;1-2/h7-8H,5-6,9H2,1-4H3,(H,17,18);5-7H,1-4H3,(H,16,17);1-2H3. The second-order valence-electron chi connectivity index (χ2n) is 13.3. The third-order valence-electron chi connectivity index (χ3n) is 9.48. The van der Waals surface area contributed by atoms with Gasteiger partial charge in [0.25, 0.3) is 0 Å². The van der Waals surface area contributed by atoms with Crippen molar-refractivity contribution < 1.29 is 23.0 Å². The zero-order chi connectivity index (χ0) is 30.0. The maximum Gasteiger partial charge on any atom is 0.499 e. The fourth-order valence-electron chi connectivity index (χ4n) is 5.19. The van der Waals surface area contributed by atoms with Crippen molar-refractivity contribution in [2.75, 3.05) is 11.9 Å². The molecule has 2 N–H and O–H groups in total. The third-order valence-corrected chi connectivity index (χ3v) is 9.48. The number of pyridine rings is 2. The Balaban J connectivity index is 0.000000156. The average molecular weight is 564 g/mol. The molecule has 3 fully saturated rings. The van der Waals surface area contributed by atoms with Gasteiger partial charge in [-0.05, 0) is 80.4 Å².